The molecular weight excluding hydrogens is 548 g/mol. The highest BCUT2D eigenvalue weighted by molar-refractivity contribution is 6.10. The lowest BCUT2D eigenvalue weighted by atomic mass is 9.91. The van der Waals surface area contributed by atoms with E-state index < -0.39 is 0 Å². The van der Waals surface area contributed by atoms with Gasteiger partial charge in [0.1, 0.15) is 11.5 Å². The van der Waals surface area contributed by atoms with Crippen molar-refractivity contribution in [1.82, 2.24) is 9.97 Å². The highest BCUT2D eigenvalue weighted by atomic mass is 16.7. The van der Waals surface area contributed by atoms with E-state index in [-0.39, 0.29) is 13.6 Å². The molecule has 0 aliphatic carbocycles. The Hall–Kier alpha value is -5.30. The highest BCUT2D eigenvalue weighted by Gasteiger charge is 2.19. The van der Waals surface area contributed by atoms with Gasteiger partial charge in [-0.1, -0.05) is 60.7 Å². The summed E-state index contributed by atoms with van der Waals surface area (Å²) < 4.78 is 22.9. The maximum absolute atomic E-state index is 6.16. The zero-order chi connectivity index (χ0) is 30.1. The van der Waals surface area contributed by atoms with E-state index in [4.69, 9.17) is 18.9 Å². The molecule has 0 N–H and O–H groups in total. The molecule has 0 bridgehead atoms. The largest absolute Gasteiger partial charge is 0.467 e. The molecule has 2 aromatic heterocycles. The van der Waals surface area contributed by atoms with E-state index >= 15 is 0 Å². The van der Waals surface area contributed by atoms with Gasteiger partial charge in [0.05, 0.1) is 0 Å². The number of nitrogens with zero attached hydrogens (tertiary/aromatic N) is 2. The topological polar surface area (TPSA) is 62.7 Å². The Balaban J connectivity index is 1.50. The second kappa shape index (κ2) is 13.8. The van der Waals surface area contributed by atoms with Crippen LogP contribution in [0.5, 0.6) is 11.5 Å². The number of pyridine rings is 2. The number of methoxy groups -OCH3 is 2. The molecule has 0 atom stereocenters. The fraction of sp³-hybridized carbons (Fsp3) is 0.105. The van der Waals surface area contributed by atoms with Gasteiger partial charge >= 0.3 is 0 Å². The van der Waals surface area contributed by atoms with E-state index in [9.17, 15) is 0 Å². The molecule has 0 unspecified atom stereocenters. The van der Waals surface area contributed by atoms with Crippen LogP contribution in [0.15, 0.2) is 110 Å². The van der Waals surface area contributed by atoms with Crippen LogP contribution in [0, 0.1) is 0 Å². The number of fused-ring (bicyclic) bond motifs is 2. The van der Waals surface area contributed by atoms with Gasteiger partial charge in [-0.25, -0.2) is 0 Å². The normalized spacial score (nSPS) is 11.6. The van der Waals surface area contributed by atoms with Crippen molar-refractivity contribution in [2.24, 2.45) is 0 Å². The third-order valence-electron chi connectivity index (χ3n) is 7.27. The lowest BCUT2D eigenvalue weighted by molar-refractivity contribution is 0.0502. The molecule has 6 nitrogen and oxygen atoms in total. The Labute approximate surface area is 256 Å². The van der Waals surface area contributed by atoms with Crippen molar-refractivity contribution in [1.29, 1.82) is 0 Å². The van der Waals surface area contributed by atoms with Crippen molar-refractivity contribution in [2.45, 2.75) is 0 Å². The monoisotopic (exact) mass is 580 g/mol. The fourth-order valence-corrected chi connectivity index (χ4v) is 5.20. The smallest absolute Gasteiger partial charge is 0.188 e. The molecule has 0 aliphatic rings. The Morgan fingerprint density at radius 3 is 1.30 bits per heavy atom. The molecule has 6 rings (SSSR count). The molecule has 218 valence electrons. The van der Waals surface area contributed by atoms with Crippen molar-refractivity contribution in [3.8, 4) is 22.6 Å². The van der Waals surface area contributed by atoms with Crippen molar-refractivity contribution in [2.75, 3.05) is 27.8 Å². The number of hydrogen-bond acceptors (Lipinski definition) is 6. The van der Waals surface area contributed by atoms with Crippen molar-refractivity contribution in [3.63, 3.8) is 0 Å². The van der Waals surface area contributed by atoms with Crippen molar-refractivity contribution >= 4 is 45.8 Å². The van der Waals surface area contributed by atoms with Gasteiger partial charge in [0.25, 0.3) is 0 Å². The van der Waals surface area contributed by atoms with Gasteiger partial charge in [0.2, 0.25) is 0 Å². The second-order valence-electron chi connectivity index (χ2n) is 10.2. The number of ether oxygens (including phenoxy) is 4. The van der Waals surface area contributed by atoms with E-state index in [1.54, 1.807) is 39.0 Å². The summed E-state index contributed by atoms with van der Waals surface area (Å²) in [5.41, 5.74) is 6.22. The Morgan fingerprint density at radius 2 is 0.886 bits per heavy atom. The summed E-state index contributed by atoms with van der Waals surface area (Å²) >= 11 is 0. The Kier molecular flexibility index (Phi) is 9.02. The molecular formula is C38H32N2O4. The number of rotatable bonds is 11. The summed E-state index contributed by atoms with van der Waals surface area (Å²) in [6, 6.07) is 29.0. The number of hydrogen-bond donors (Lipinski definition) is 0. The summed E-state index contributed by atoms with van der Waals surface area (Å²) in [4.78, 5) is 8.21. The molecule has 0 spiro atoms. The van der Waals surface area contributed by atoms with Crippen LogP contribution in [0.25, 0.3) is 57.0 Å². The maximum atomic E-state index is 6.16. The predicted octanol–water partition coefficient (Wildman–Crippen LogP) is 8.76. The van der Waals surface area contributed by atoms with Crippen LogP contribution >= 0.6 is 0 Å². The summed E-state index contributed by atoms with van der Waals surface area (Å²) in [5.74, 6) is 1.41. The zero-order valence-corrected chi connectivity index (χ0v) is 24.6. The molecule has 6 aromatic rings. The van der Waals surface area contributed by atoms with E-state index in [2.05, 4.69) is 82.8 Å². The maximum Gasteiger partial charge on any atom is 0.188 e. The second-order valence-corrected chi connectivity index (χ2v) is 10.2. The van der Waals surface area contributed by atoms with E-state index in [0.29, 0.717) is 11.5 Å². The van der Waals surface area contributed by atoms with Crippen LogP contribution < -0.4 is 9.47 Å². The quantitative estimate of drug-likeness (QED) is 0.143. The van der Waals surface area contributed by atoms with Crippen molar-refractivity contribution < 1.29 is 18.9 Å². The first kappa shape index (κ1) is 28.8. The summed E-state index contributed by atoms with van der Waals surface area (Å²) in [7, 11) is 3.24. The molecule has 4 aromatic carbocycles. The molecule has 0 aliphatic heterocycles. The molecule has 6 heteroatoms. The first-order chi connectivity index (χ1) is 21.7. The van der Waals surface area contributed by atoms with Gasteiger partial charge in [-0.15, -0.1) is 0 Å². The van der Waals surface area contributed by atoms with Crippen LogP contribution in [0.4, 0.5) is 0 Å². The van der Waals surface area contributed by atoms with Gasteiger partial charge in [0.15, 0.2) is 13.6 Å². The lowest BCUT2D eigenvalue weighted by Crippen LogP contribution is -2.04. The SMILES string of the molecule is COCOc1ccc2cc(/C=C/c3ccncc3)ccc2c1-c1c(OCOC)ccc2cc(/C=C/c3ccncc3)ccc12. The van der Waals surface area contributed by atoms with Crippen LogP contribution in [0.2, 0.25) is 0 Å². The van der Waals surface area contributed by atoms with E-state index in [1.165, 1.54) is 0 Å². The van der Waals surface area contributed by atoms with E-state index in [0.717, 1.165) is 54.9 Å². The molecule has 2 heterocycles. The average Bonchev–Trinajstić information content (AvgIpc) is 3.08. The third-order valence-corrected chi connectivity index (χ3v) is 7.27. The first-order valence-electron chi connectivity index (χ1n) is 14.3. The summed E-state index contributed by atoms with van der Waals surface area (Å²) in [6.07, 6.45) is 15.6. The highest BCUT2D eigenvalue weighted by Crippen LogP contribution is 2.46. The van der Waals surface area contributed by atoms with Crippen LogP contribution in [0.1, 0.15) is 22.3 Å². The van der Waals surface area contributed by atoms with Gasteiger partial charge in [0, 0.05) is 50.1 Å². The standard InChI is InChI=1S/C38H32N2O4/c1-41-25-43-35-13-9-31-23-29(5-3-27-15-19-39-20-16-27)7-11-33(31)37(35)38-34-12-8-30(6-4-28-17-21-40-22-18-28)24-32(34)10-14-36(38)44-26-42-2/h3-24H,25-26H2,1-2H3/b5-3+,6-4+. The Bertz CT molecular complexity index is 1790. The minimum Gasteiger partial charge on any atom is -0.467 e. The van der Waals surface area contributed by atoms with Crippen molar-refractivity contribution in [3.05, 3.63) is 132 Å². The van der Waals surface area contributed by atoms with Gasteiger partial charge in [-0.05, 0) is 92.3 Å². The number of aromatic nitrogens is 2. The lowest BCUT2D eigenvalue weighted by Gasteiger charge is -2.19. The number of benzene rings is 4. The minimum absolute atomic E-state index is 0.119. The summed E-state index contributed by atoms with van der Waals surface area (Å²) in [5, 5.41) is 4.23. The van der Waals surface area contributed by atoms with Gasteiger partial charge in [-0.2, -0.15) is 0 Å². The average molecular weight is 581 g/mol. The Morgan fingerprint density at radius 1 is 0.477 bits per heavy atom. The van der Waals surface area contributed by atoms with Crippen LogP contribution in [-0.4, -0.2) is 37.8 Å². The first-order valence-corrected chi connectivity index (χ1v) is 14.3. The minimum atomic E-state index is 0.119. The molecule has 0 saturated heterocycles. The third kappa shape index (κ3) is 6.52. The van der Waals surface area contributed by atoms with Crippen LogP contribution in [-0.2, 0) is 9.47 Å². The zero-order valence-electron chi connectivity index (χ0n) is 24.6. The van der Waals surface area contributed by atoms with E-state index in [1.807, 2.05) is 36.4 Å². The van der Waals surface area contributed by atoms with Gasteiger partial charge in [-0.3, -0.25) is 9.97 Å². The van der Waals surface area contributed by atoms with Crippen LogP contribution in [0.3, 0.4) is 0 Å². The molecule has 0 amide bonds. The molecule has 0 radical (unpaired) electrons. The molecule has 0 saturated carbocycles. The fourth-order valence-electron chi connectivity index (χ4n) is 5.20. The summed E-state index contributed by atoms with van der Waals surface area (Å²) in [6.45, 7) is 0.239. The molecule has 0 fully saturated rings. The van der Waals surface area contributed by atoms with Gasteiger partial charge < -0.3 is 18.9 Å². The predicted molar refractivity (Wildman–Crippen MR) is 178 cm³/mol. The molecule has 44 heavy (non-hydrogen) atoms.